The zero-order valence-corrected chi connectivity index (χ0v) is 52.1. The van der Waals surface area contributed by atoms with Gasteiger partial charge in [-0.2, -0.15) is 0 Å². The Labute approximate surface area is 496 Å². The van der Waals surface area contributed by atoms with E-state index in [2.05, 4.69) is 32.2 Å². The Kier molecular flexibility index (Phi) is 54.1. The molecule has 0 aromatic heterocycles. The molecular weight excluding hydrogens is 1010 g/mol. The second-order valence-corrected chi connectivity index (χ2v) is 23.3. The molecule has 1 heterocycles. The molecule has 1 amide bonds. The fourth-order valence-electron chi connectivity index (χ4n) is 10.4. The Morgan fingerprint density at radius 1 is 0.494 bits per heavy atom. The molecule has 0 saturated carbocycles. The molecule has 0 aliphatic carbocycles. The molecule has 0 aromatic rings. The quantitative estimate of drug-likeness (QED) is 0.0149. The van der Waals surface area contributed by atoms with Gasteiger partial charge in [0.25, 0.3) is 0 Å². The van der Waals surface area contributed by atoms with E-state index in [-0.39, 0.29) is 19.4 Å². The van der Waals surface area contributed by atoms with Crippen LogP contribution in [0.15, 0.2) is 72.9 Å². The number of allylic oxidation sites excluding steroid dienone is 11. The van der Waals surface area contributed by atoms with Crippen LogP contribution >= 0.6 is 0 Å². The van der Waals surface area contributed by atoms with Crippen molar-refractivity contribution < 1.29 is 49.3 Å². The molecule has 1 fully saturated rings. The van der Waals surface area contributed by atoms with Crippen molar-refractivity contribution in [2.24, 2.45) is 0 Å². The number of ether oxygens (including phenoxy) is 3. The third-order valence-electron chi connectivity index (χ3n) is 15.8. The van der Waals surface area contributed by atoms with Gasteiger partial charge in [0.15, 0.2) is 12.4 Å². The number of unbranched alkanes of at least 4 members (excludes halogenated alkanes) is 37. The summed E-state index contributed by atoms with van der Waals surface area (Å²) in [6.45, 7) is 5.63. The van der Waals surface area contributed by atoms with E-state index in [0.29, 0.717) is 12.8 Å². The number of hydrogen-bond donors (Lipinski definition) is 6. The molecule has 8 unspecified atom stereocenters. The highest BCUT2D eigenvalue weighted by atomic mass is 16.7. The van der Waals surface area contributed by atoms with Crippen molar-refractivity contribution >= 4 is 11.9 Å². The molecule has 11 nitrogen and oxygen atoms in total. The average Bonchev–Trinajstić information content (AvgIpc) is 3.50. The van der Waals surface area contributed by atoms with Crippen LogP contribution in [0.3, 0.4) is 0 Å². The van der Waals surface area contributed by atoms with E-state index in [1.54, 1.807) is 6.08 Å². The van der Waals surface area contributed by atoms with E-state index in [9.17, 15) is 35.1 Å². The first-order valence-electron chi connectivity index (χ1n) is 33.8. The summed E-state index contributed by atoms with van der Waals surface area (Å²) < 4.78 is 17.6. The number of aliphatic hydroxyl groups excluding tert-OH is 5. The molecule has 1 aliphatic heterocycles. The lowest BCUT2D eigenvalue weighted by atomic mass is 9.99. The van der Waals surface area contributed by atoms with Crippen LogP contribution in [0.1, 0.15) is 297 Å². The summed E-state index contributed by atoms with van der Waals surface area (Å²) in [7, 11) is 0. The zero-order valence-electron chi connectivity index (χ0n) is 52.1. The van der Waals surface area contributed by atoms with Gasteiger partial charge in [-0.15, -0.1) is 0 Å². The number of amides is 1. The van der Waals surface area contributed by atoms with Crippen molar-refractivity contribution in [2.75, 3.05) is 13.2 Å². The van der Waals surface area contributed by atoms with Crippen molar-refractivity contribution in [3.05, 3.63) is 72.9 Å². The predicted octanol–water partition coefficient (Wildman–Crippen LogP) is 16.7. The number of hydrogen-bond acceptors (Lipinski definition) is 10. The molecule has 1 rings (SSSR count). The van der Waals surface area contributed by atoms with Gasteiger partial charge < -0.3 is 45.1 Å². The third kappa shape index (κ3) is 45.2. The number of carbonyl (C=O) groups is 2. The molecule has 0 spiro atoms. The zero-order chi connectivity index (χ0) is 58.9. The first-order chi connectivity index (χ1) is 39.7. The van der Waals surface area contributed by atoms with Crippen LogP contribution in [0.2, 0.25) is 0 Å². The smallest absolute Gasteiger partial charge is 0.306 e. The van der Waals surface area contributed by atoms with Gasteiger partial charge in [-0.1, -0.05) is 318 Å². The van der Waals surface area contributed by atoms with Gasteiger partial charge in [-0.05, 0) is 44.9 Å². The average molecular weight is 1140 g/mol. The van der Waals surface area contributed by atoms with Crippen LogP contribution in [0.5, 0.6) is 0 Å². The molecular formula is C70H125NO10. The van der Waals surface area contributed by atoms with Crippen molar-refractivity contribution in [1.82, 2.24) is 5.32 Å². The second kappa shape index (κ2) is 57.5. The Morgan fingerprint density at radius 2 is 0.889 bits per heavy atom. The minimum absolute atomic E-state index is 0.120. The summed E-state index contributed by atoms with van der Waals surface area (Å²) in [6.07, 6.45) is 64.0. The minimum Gasteiger partial charge on any atom is -0.454 e. The summed E-state index contributed by atoms with van der Waals surface area (Å²) in [5.41, 5.74) is 0. The number of nitrogens with one attached hydrogen (secondary N) is 1. The van der Waals surface area contributed by atoms with E-state index in [1.165, 1.54) is 186 Å². The first kappa shape index (κ1) is 76.1. The monoisotopic (exact) mass is 1140 g/mol. The van der Waals surface area contributed by atoms with Gasteiger partial charge in [0.2, 0.25) is 5.91 Å². The molecule has 1 saturated heterocycles. The topological polar surface area (TPSA) is 175 Å². The molecule has 81 heavy (non-hydrogen) atoms. The van der Waals surface area contributed by atoms with Gasteiger partial charge in [0.05, 0.1) is 25.4 Å². The highest BCUT2D eigenvalue weighted by molar-refractivity contribution is 5.80. The maximum atomic E-state index is 13.4. The first-order valence-corrected chi connectivity index (χ1v) is 33.8. The molecule has 8 atom stereocenters. The second-order valence-electron chi connectivity index (χ2n) is 23.3. The maximum absolute atomic E-state index is 13.4. The Morgan fingerprint density at radius 3 is 1.33 bits per heavy atom. The van der Waals surface area contributed by atoms with Crippen LogP contribution in [-0.4, -0.2) is 99.6 Å². The molecule has 0 aromatic carbocycles. The highest BCUT2D eigenvalue weighted by Gasteiger charge is 2.47. The normalized spacial score (nSPS) is 19.1. The van der Waals surface area contributed by atoms with E-state index in [0.717, 1.165) is 64.2 Å². The van der Waals surface area contributed by atoms with Crippen molar-refractivity contribution in [1.29, 1.82) is 0 Å². The summed E-state index contributed by atoms with van der Waals surface area (Å²) in [6, 6.07) is -1.05. The van der Waals surface area contributed by atoms with E-state index in [4.69, 9.17) is 14.2 Å². The SMILES string of the molecule is CC/C=C/C=C/C=C\C=C/C=C/CCCCC(O)C(=O)NC(COC1OC(CO)C(O)C(O)C1OC(=O)CCCCCCCCCCCCCCCCCCCCCCCCCCCCC)C(O)/C=C/CCCCCCCCCCC. The number of esters is 1. The van der Waals surface area contributed by atoms with Gasteiger partial charge in [-0.3, -0.25) is 9.59 Å². The van der Waals surface area contributed by atoms with Gasteiger partial charge in [-0.25, -0.2) is 0 Å². The fourth-order valence-corrected chi connectivity index (χ4v) is 10.4. The van der Waals surface area contributed by atoms with Gasteiger partial charge in [0.1, 0.15) is 24.4 Å². The number of carbonyl (C=O) groups excluding carboxylic acids is 2. The van der Waals surface area contributed by atoms with Crippen LogP contribution in [-0.2, 0) is 23.8 Å². The number of rotatable bonds is 57. The minimum atomic E-state index is -1.62. The van der Waals surface area contributed by atoms with Gasteiger partial charge in [0, 0.05) is 6.42 Å². The summed E-state index contributed by atoms with van der Waals surface area (Å²) in [4.78, 5) is 26.6. The summed E-state index contributed by atoms with van der Waals surface area (Å²) >= 11 is 0. The van der Waals surface area contributed by atoms with E-state index < -0.39 is 67.4 Å². The van der Waals surface area contributed by atoms with Gasteiger partial charge >= 0.3 is 5.97 Å². The molecule has 470 valence electrons. The Bertz CT molecular complexity index is 1590. The summed E-state index contributed by atoms with van der Waals surface area (Å²) in [5.74, 6) is -1.23. The van der Waals surface area contributed by atoms with E-state index >= 15 is 0 Å². The summed E-state index contributed by atoms with van der Waals surface area (Å²) in [5, 5.41) is 56.9. The lowest BCUT2D eigenvalue weighted by molar-refractivity contribution is -0.305. The molecule has 0 radical (unpaired) electrons. The lowest BCUT2D eigenvalue weighted by Gasteiger charge is -2.41. The standard InChI is InChI=1S/C70H125NO10/c1-4-7-10-13-16-19-22-24-26-27-28-29-30-31-32-33-34-35-36-37-38-40-43-46-49-52-55-58-65(75)81-68-67(77)66(76)64(59-72)80-70(68)79-60-61(62(73)56-53-50-47-44-41-21-18-15-12-9-6-3)71-69(78)63(74)57-54-51-48-45-42-39-25-23-20-17-14-11-8-5-2/h8,11,14,17,20,23,25,39,42,45,53,56,61-64,66-68,70,72-74,76-77H,4-7,9-10,12-13,15-16,18-19,21-22,24,26-38,40-41,43-44,46-52,54-55,57-60H2,1-3H3,(H,71,78)/b11-8+,17-14+,23-20-,39-25-,45-42+,56-53+. The van der Waals surface area contributed by atoms with E-state index in [1.807, 2.05) is 60.8 Å². The maximum Gasteiger partial charge on any atom is 0.306 e. The molecule has 11 heteroatoms. The third-order valence-corrected chi connectivity index (χ3v) is 15.8. The Hall–Kier alpha value is -2.90. The van der Waals surface area contributed by atoms with Crippen LogP contribution in [0, 0.1) is 0 Å². The number of aliphatic hydroxyl groups is 5. The molecule has 6 N–H and O–H groups in total. The Balaban J connectivity index is 2.54. The van der Waals surface area contributed by atoms with Crippen molar-refractivity contribution in [3.8, 4) is 0 Å². The van der Waals surface area contributed by atoms with Crippen LogP contribution in [0.25, 0.3) is 0 Å². The molecule has 1 aliphatic rings. The highest BCUT2D eigenvalue weighted by Crippen LogP contribution is 2.26. The van der Waals surface area contributed by atoms with Crippen LogP contribution < -0.4 is 5.32 Å². The fraction of sp³-hybridized carbons (Fsp3) is 0.800. The van der Waals surface area contributed by atoms with Crippen molar-refractivity contribution in [2.45, 2.75) is 346 Å². The lowest BCUT2D eigenvalue weighted by Crippen LogP contribution is -2.61. The predicted molar refractivity (Wildman–Crippen MR) is 338 cm³/mol. The largest absolute Gasteiger partial charge is 0.454 e. The molecule has 0 bridgehead atoms. The van der Waals surface area contributed by atoms with Crippen molar-refractivity contribution in [3.63, 3.8) is 0 Å². The van der Waals surface area contributed by atoms with Crippen LogP contribution in [0.4, 0.5) is 0 Å².